The van der Waals surface area contributed by atoms with Crippen LogP contribution in [0.1, 0.15) is 50.0 Å². The standard InChI is InChI=1S/C23H27FO/c1-25-23-15-13-22(14-16-23)21-11-9-20(10-12-21)19-7-5-18(6-8-19)4-2-3-17-24/h3,9-19H,2,4-8H2,1H3/t18-,19-. The minimum Gasteiger partial charge on any atom is -0.497 e. The van der Waals surface area contributed by atoms with Gasteiger partial charge in [-0.3, -0.25) is 0 Å². The van der Waals surface area contributed by atoms with Gasteiger partial charge < -0.3 is 4.74 Å². The number of methoxy groups -OCH3 is 1. The van der Waals surface area contributed by atoms with Crippen molar-refractivity contribution < 1.29 is 9.13 Å². The molecular weight excluding hydrogens is 311 g/mol. The average Bonchev–Trinajstić information content (AvgIpc) is 2.69. The van der Waals surface area contributed by atoms with E-state index in [1.165, 1.54) is 42.4 Å². The summed E-state index contributed by atoms with van der Waals surface area (Å²) in [6.07, 6.45) is 9.37. The maximum absolute atomic E-state index is 12.0. The maximum Gasteiger partial charge on any atom is 0.118 e. The van der Waals surface area contributed by atoms with Crippen molar-refractivity contribution in [2.24, 2.45) is 5.92 Å². The Morgan fingerprint density at radius 2 is 1.52 bits per heavy atom. The predicted molar refractivity (Wildman–Crippen MR) is 103 cm³/mol. The highest BCUT2D eigenvalue weighted by Gasteiger charge is 2.21. The molecule has 1 saturated carbocycles. The molecule has 0 N–H and O–H groups in total. The van der Waals surface area contributed by atoms with E-state index in [0.717, 1.165) is 24.5 Å². The largest absolute Gasteiger partial charge is 0.497 e. The molecule has 1 aliphatic carbocycles. The summed E-state index contributed by atoms with van der Waals surface area (Å²) >= 11 is 0. The van der Waals surface area contributed by atoms with Gasteiger partial charge in [0.2, 0.25) is 0 Å². The molecule has 25 heavy (non-hydrogen) atoms. The van der Waals surface area contributed by atoms with E-state index in [-0.39, 0.29) is 0 Å². The summed E-state index contributed by atoms with van der Waals surface area (Å²) in [5.74, 6) is 2.34. The summed E-state index contributed by atoms with van der Waals surface area (Å²) in [5.41, 5.74) is 3.93. The van der Waals surface area contributed by atoms with E-state index in [2.05, 4.69) is 36.4 Å². The van der Waals surface area contributed by atoms with Crippen molar-refractivity contribution in [2.45, 2.75) is 44.4 Å². The number of ether oxygens (including phenoxy) is 1. The van der Waals surface area contributed by atoms with Crippen LogP contribution in [0.5, 0.6) is 5.75 Å². The summed E-state index contributed by atoms with van der Waals surface area (Å²) in [5, 5.41) is 0. The SMILES string of the molecule is COc1ccc(-c2ccc([C@H]3CC[C@H](CCC=CF)CC3)cc2)cc1. The molecule has 1 fully saturated rings. The fourth-order valence-electron chi connectivity index (χ4n) is 3.91. The Bertz CT molecular complexity index is 664. The Labute approximate surface area is 150 Å². The third-order valence-electron chi connectivity index (χ3n) is 5.48. The Balaban J connectivity index is 1.57. The molecule has 0 unspecified atom stereocenters. The molecular formula is C23H27FO. The van der Waals surface area contributed by atoms with Crippen LogP contribution in [0.15, 0.2) is 60.9 Å². The number of benzene rings is 2. The molecule has 0 radical (unpaired) electrons. The lowest BCUT2D eigenvalue weighted by Gasteiger charge is -2.28. The third-order valence-corrected chi connectivity index (χ3v) is 5.48. The quantitative estimate of drug-likeness (QED) is 0.556. The first-order valence-electron chi connectivity index (χ1n) is 9.29. The monoisotopic (exact) mass is 338 g/mol. The smallest absolute Gasteiger partial charge is 0.118 e. The molecule has 0 heterocycles. The van der Waals surface area contributed by atoms with Gasteiger partial charge in [0.05, 0.1) is 13.4 Å². The van der Waals surface area contributed by atoms with Gasteiger partial charge in [0, 0.05) is 0 Å². The van der Waals surface area contributed by atoms with E-state index in [9.17, 15) is 4.39 Å². The predicted octanol–water partition coefficient (Wildman–Crippen LogP) is 6.90. The number of halogens is 1. The van der Waals surface area contributed by atoms with Gasteiger partial charge in [0.25, 0.3) is 0 Å². The second-order valence-electron chi connectivity index (χ2n) is 7.01. The van der Waals surface area contributed by atoms with Crippen LogP contribution >= 0.6 is 0 Å². The zero-order chi connectivity index (χ0) is 17.5. The maximum atomic E-state index is 12.0. The average molecular weight is 338 g/mol. The van der Waals surface area contributed by atoms with Crippen molar-refractivity contribution in [1.82, 2.24) is 0 Å². The van der Waals surface area contributed by atoms with E-state index in [4.69, 9.17) is 4.74 Å². The zero-order valence-electron chi connectivity index (χ0n) is 15.0. The molecule has 0 bridgehead atoms. The van der Waals surface area contributed by atoms with Crippen LogP contribution < -0.4 is 4.74 Å². The summed E-state index contributed by atoms with van der Waals surface area (Å²) in [6, 6.07) is 17.2. The highest BCUT2D eigenvalue weighted by atomic mass is 19.1. The Morgan fingerprint density at radius 3 is 2.08 bits per heavy atom. The van der Waals surface area contributed by atoms with Crippen LogP contribution in [0, 0.1) is 5.92 Å². The van der Waals surface area contributed by atoms with E-state index >= 15 is 0 Å². The van der Waals surface area contributed by atoms with Crippen molar-refractivity contribution in [3.8, 4) is 16.9 Å². The first-order chi connectivity index (χ1) is 12.3. The first-order valence-corrected chi connectivity index (χ1v) is 9.29. The van der Waals surface area contributed by atoms with E-state index in [1.807, 2.05) is 12.1 Å². The molecule has 132 valence electrons. The Kier molecular flexibility index (Phi) is 6.27. The fraction of sp³-hybridized carbons (Fsp3) is 0.391. The molecule has 2 aromatic rings. The summed E-state index contributed by atoms with van der Waals surface area (Å²) < 4.78 is 17.3. The minimum absolute atomic E-state index is 0.677. The summed E-state index contributed by atoms with van der Waals surface area (Å²) in [4.78, 5) is 0. The van der Waals surface area contributed by atoms with Gasteiger partial charge in [-0.25, -0.2) is 4.39 Å². The lowest BCUT2D eigenvalue weighted by atomic mass is 9.77. The van der Waals surface area contributed by atoms with Crippen LogP contribution in [0.3, 0.4) is 0 Å². The van der Waals surface area contributed by atoms with E-state index < -0.39 is 0 Å². The molecule has 2 heteroatoms. The second kappa shape index (κ2) is 8.84. The van der Waals surface area contributed by atoms with Crippen LogP contribution in [0.25, 0.3) is 11.1 Å². The van der Waals surface area contributed by atoms with Crippen molar-refractivity contribution in [2.75, 3.05) is 7.11 Å². The topological polar surface area (TPSA) is 9.23 Å². The number of hydrogen-bond donors (Lipinski definition) is 0. The van der Waals surface area contributed by atoms with Gasteiger partial charge in [0.1, 0.15) is 5.75 Å². The van der Waals surface area contributed by atoms with Crippen molar-refractivity contribution in [3.63, 3.8) is 0 Å². The minimum atomic E-state index is 0.677. The highest BCUT2D eigenvalue weighted by Crippen LogP contribution is 2.38. The molecule has 3 rings (SSSR count). The van der Waals surface area contributed by atoms with Gasteiger partial charge in [0.15, 0.2) is 0 Å². The lowest BCUT2D eigenvalue weighted by molar-refractivity contribution is 0.311. The van der Waals surface area contributed by atoms with Gasteiger partial charge in [-0.2, -0.15) is 0 Å². The third kappa shape index (κ3) is 4.72. The lowest BCUT2D eigenvalue weighted by Crippen LogP contribution is -2.13. The number of allylic oxidation sites excluding steroid dienone is 1. The Hall–Kier alpha value is -2.09. The fourth-order valence-corrected chi connectivity index (χ4v) is 3.91. The first kappa shape index (κ1) is 17.7. The molecule has 2 aromatic carbocycles. The van der Waals surface area contributed by atoms with Crippen molar-refractivity contribution >= 4 is 0 Å². The zero-order valence-corrected chi connectivity index (χ0v) is 15.0. The molecule has 0 atom stereocenters. The van der Waals surface area contributed by atoms with E-state index in [0.29, 0.717) is 12.2 Å². The molecule has 0 aromatic heterocycles. The van der Waals surface area contributed by atoms with E-state index in [1.54, 1.807) is 13.2 Å². The van der Waals surface area contributed by atoms with Gasteiger partial charge >= 0.3 is 0 Å². The molecule has 1 nitrogen and oxygen atoms in total. The van der Waals surface area contributed by atoms with Crippen LogP contribution in [0.4, 0.5) is 4.39 Å². The molecule has 0 spiro atoms. The van der Waals surface area contributed by atoms with Gasteiger partial charge in [-0.15, -0.1) is 0 Å². The number of rotatable bonds is 6. The highest BCUT2D eigenvalue weighted by molar-refractivity contribution is 5.64. The normalized spacial score (nSPS) is 20.7. The van der Waals surface area contributed by atoms with Crippen LogP contribution in [-0.2, 0) is 0 Å². The number of hydrogen-bond acceptors (Lipinski definition) is 1. The van der Waals surface area contributed by atoms with Gasteiger partial charge in [-0.1, -0.05) is 42.5 Å². The molecule has 0 saturated heterocycles. The molecule has 0 aliphatic heterocycles. The Morgan fingerprint density at radius 1 is 0.920 bits per heavy atom. The second-order valence-corrected chi connectivity index (χ2v) is 7.01. The van der Waals surface area contributed by atoms with Crippen LogP contribution in [-0.4, -0.2) is 7.11 Å². The van der Waals surface area contributed by atoms with Gasteiger partial charge in [-0.05, 0) is 79.2 Å². The summed E-state index contributed by atoms with van der Waals surface area (Å²) in [7, 11) is 1.69. The molecule has 1 aliphatic rings. The van der Waals surface area contributed by atoms with Crippen molar-refractivity contribution in [3.05, 3.63) is 66.5 Å². The van der Waals surface area contributed by atoms with Crippen molar-refractivity contribution in [1.29, 1.82) is 0 Å². The molecule has 0 amide bonds. The summed E-state index contributed by atoms with van der Waals surface area (Å²) in [6.45, 7) is 0. The van der Waals surface area contributed by atoms with Crippen LogP contribution in [0.2, 0.25) is 0 Å².